The summed E-state index contributed by atoms with van der Waals surface area (Å²) in [6, 6.07) is 3.28. The zero-order chi connectivity index (χ0) is 18.7. The Hall–Kier alpha value is -3.17. The van der Waals surface area contributed by atoms with Gasteiger partial charge < -0.3 is 28.9 Å². The SMILES string of the molecule is Cc1nc([N+](=O)[O-])cn1CCC(=O)N1CCN(C(=O)c2ccco2)CC1. The number of aryl methyl sites for hydroxylation is 2. The van der Waals surface area contributed by atoms with Gasteiger partial charge in [0, 0.05) is 46.1 Å². The van der Waals surface area contributed by atoms with Crippen LogP contribution in [0.4, 0.5) is 5.82 Å². The largest absolute Gasteiger partial charge is 0.459 e. The summed E-state index contributed by atoms with van der Waals surface area (Å²) < 4.78 is 6.72. The highest BCUT2D eigenvalue weighted by Crippen LogP contribution is 2.13. The molecule has 3 rings (SSSR count). The van der Waals surface area contributed by atoms with Gasteiger partial charge in [-0.3, -0.25) is 9.59 Å². The topological polar surface area (TPSA) is 115 Å². The second-order valence-corrected chi connectivity index (χ2v) is 6.00. The van der Waals surface area contributed by atoms with E-state index in [0.29, 0.717) is 44.3 Å². The van der Waals surface area contributed by atoms with Crippen molar-refractivity contribution in [2.24, 2.45) is 0 Å². The number of carbonyl (C=O) groups is 2. The van der Waals surface area contributed by atoms with E-state index in [9.17, 15) is 19.7 Å². The minimum Gasteiger partial charge on any atom is -0.459 e. The van der Waals surface area contributed by atoms with E-state index in [4.69, 9.17) is 4.42 Å². The molecule has 1 saturated heterocycles. The fraction of sp³-hybridized carbons (Fsp3) is 0.438. The molecule has 0 aromatic carbocycles. The third-order valence-corrected chi connectivity index (χ3v) is 4.37. The molecular formula is C16H19N5O5. The number of carbonyl (C=O) groups excluding carboxylic acids is 2. The van der Waals surface area contributed by atoms with E-state index >= 15 is 0 Å². The number of hydrogen-bond donors (Lipinski definition) is 0. The van der Waals surface area contributed by atoms with E-state index in [-0.39, 0.29) is 24.1 Å². The monoisotopic (exact) mass is 361 g/mol. The zero-order valence-corrected chi connectivity index (χ0v) is 14.3. The molecule has 0 spiro atoms. The molecule has 0 atom stereocenters. The first-order valence-corrected chi connectivity index (χ1v) is 8.24. The van der Waals surface area contributed by atoms with Crippen LogP contribution in [-0.2, 0) is 11.3 Å². The smallest absolute Gasteiger partial charge is 0.381 e. The van der Waals surface area contributed by atoms with Crippen LogP contribution in [0, 0.1) is 17.0 Å². The zero-order valence-electron chi connectivity index (χ0n) is 14.3. The fourth-order valence-electron chi connectivity index (χ4n) is 2.90. The summed E-state index contributed by atoms with van der Waals surface area (Å²) in [5.74, 6) is 0.342. The maximum atomic E-state index is 12.4. The Bertz CT molecular complexity index is 805. The van der Waals surface area contributed by atoms with Gasteiger partial charge in [0.15, 0.2) is 5.76 Å². The van der Waals surface area contributed by atoms with Crippen LogP contribution >= 0.6 is 0 Å². The third kappa shape index (κ3) is 3.73. The van der Waals surface area contributed by atoms with Gasteiger partial charge in [-0.2, -0.15) is 0 Å². The van der Waals surface area contributed by atoms with Crippen molar-refractivity contribution in [3.8, 4) is 0 Å². The van der Waals surface area contributed by atoms with Crippen molar-refractivity contribution in [3.63, 3.8) is 0 Å². The van der Waals surface area contributed by atoms with Crippen LogP contribution in [0.25, 0.3) is 0 Å². The summed E-state index contributed by atoms with van der Waals surface area (Å²) in [6.45, 7) is 3.79. The Morgan fingerprint density at radius 3 is 2.54 bits per heavy atom. The molecule has 138 valence electrons. The van der Waals surface area contributed by atoms with Gasteiger partial charge in [0.2, 0.25) is 11.7 Å². The number of rotatable bonds is 5. The van der Waals surface area contributed by atoms with Crippen molar-refractivity contribution in [1.29, 1.82) is 0 Å². The highest BCUT2D eigenvalue weighted by molar-refractivity contribution is 5.91. The van der Waals surface area contributed by atoms with Gasteiger partial charge in [0.25, 0.3) is 5.91 Å². The van der Waals surface area contributed by atoms with Crippen molar-refractivity contribution in [2.75, 3.05) is 26.2 Å². The lowest BCUT2D eigenvalue weighted by Crippen LogP contribution is -2.50. The summed E-state index contributed by atoms with van der Waals surface area (Å²) in [4.78, 5) is 42.0. The molecular weight excluding hydrogens is 342 g/mol. The summed E-state index contributed by atoms with van der Waals surface area (Å²) in [6.07, 6.45) is 3.01. The maximum Gasteiger partial charge on any atom is 0.381 e. The minimum atomic E-state index is -0.555. The van der Waals surface area contributed by atoms with Gasteiger partial charge in [-0.25, -0.2) is 0 Å². The van der Waals surface area contributed by atoms with E-state index in [1.54, 1.807) is 33.4 Å². The average molecular weight is 361 g/mol. The normalized spacial score (nSPS) is 14.5. The molecule has 1 aliphatic rings. The Kier molecular flexibility index (Phi) is 5.01. The highest BCUT2D eigenvalue weighted by Gasteiger charge is 2.26. The summed E-state index contributed by atoms with van der Waals surface area (Å²) in [5.41, 5.74) is 0. The molecule has 10 heteroatoms. The lowest BCUT2D eigenvalue weighted by atomic mass is 10.2. The van der Waals surface area contributed by atoms with Gasteiger partial charge in [0.1, 0.15) is 6.20 Å². The number of imidazole rings is 1. The second-order valence-electron chi connectivity index (χ2n) is 6.00. The molecule has 2 aromatic heterocycles. The molecule has 0 N–H and O–H groups in total. The van der Waals surface area contributed by atoms with Crippen LogP contribution in [0.5, 0.6) is 0 Å². The first-order chi connectivity index (χ1) is 12.5. The van der Waals surface area contributed by atoms with Gasteiger partial charge >= 0.3 is 5.82 Å². The molecule has 0 saturated carbocycles. The molecule has 26 heavy (non-hydrogen) atoms. The van der Waals surface area contributed by atoms with Crippen molar-refractivity contribution in [1.82, 2.24) is 19.4 Å². The van der Waals surface area contributed by atoms with Crippen LogP contribution in [-0.4, -0.2) is 62.3 Å². The van der Waals surface area contributed by atoms with E-state index in [1.807, 2.05) is 0 Å². The lowest BCUT2D eigenvalue weighted by Gasteiger charge is -2.34. The van der Waals surface area contributed by atoms with Crippen molar-refractivity contribution in [3.05, 3.63) is 46.3 Å². The Morgan fingerprint density at radius 1 is 1.27 bits per heavy atom. The number of aromatic nitrogens is 2. The van der Waals surface area contributed by atoms with E-state index < -0.39 is 4.92 Å². The lowest BCUT2D eigenvalue weighted by molar-refractivity contribution is -0.389. The number of furan rings is 1. The average Bonchev–Trinajstić information content (AvgIpc) is 3.29. The minimum absolute atomic E-state index is 0.0501. The van der Waals surface area contributed by atoms with Gasteiger partial charge in [0.05, 0.1) is 6.26 Å². The van der Waals surface area contributed by atoms with Crippen LogP contribution in [0.2, 0.25) is 0 Å². The van der Waals surface area contributed by atoms with Crippen molar-refractivity contribution in [2.45, 2.75) is 19.9 Å². The molecule has 0 aliphatic carbocycles. The van der Waals surface area contributed by atoms with Crippen molar-refractivity contribution < 1.29 is 18.9 Å². The molecule has 10 nitrogen and oxygen atoms in total. The standard InChI is InChI=1S/C16H19N5O5/c1-12-17-14(21(24)25)11-20(12)5-4-15(22)18-6-8-19(9-7-18)16(23)13-3-2-10-26-13/h2-3,10-11H,4-9H2,1H3. The quantitative estimate of drug-likeness (QED) is 0.581. The fourth-order valence-corrected chi connectivity index (χ4v) is 2.90. The van der Waals surface area contributed by atoms with Gasteiger partial charge in [-0.1, -0.05) is 0 Å². The van der Waals surface area contributed by atoms with E-state index in [1.165, 1.54) is 12.5 Å². The van der Waals surface area contributed by atoms with Crippen LogP contribution < -0.4 is 0 Å². The molecule has 0 unspecified atom stereocenters. The molecule has 3 heterocycles. The summed E-state index contributed by atoms with van der Waals surface area (Å²) in [5, 5.41) is 10.7. The first kappa shape index (κ1) is 17.6. The Labute approximate surface area is 149 Å². The predicted molar refractivity (Wildman–Crippen MR) is 89.4 cm³/mol. The third-order valence-electron chi connectivity index (χ3n) is 4.37. The van der Waals surface area contributed by atoms with Gasteiger partial charge in [-0.15, -0.1) is 0 Å². The maximum absolute atomic E-state index is 12.4. The molecule has 2 aromatic rings. The molecule has 1 aliphatic heterocycles. The van der Waals surface area contributed by atoms with E-state index in [0.717, 1.165) is 0 Å². The molecule has 2 amide bonds. The molecule has 0 radical (unpaired) electrons. The van der Waals surface area contributed by atoms with Crippen LogP contribution in [0.3, 0.4) is 0 Å². The molecule has 1 fully saturated rings. The van der Waals surface area contributed by atoms with Crippen LogP contribution in [0.1, 0.15) is 22.8 Å². The number of hydrogen-bond acceptors (Lipinski definition) is 6. The first-order valence-electron chi connectivity index (χ1n) is 8.24. The summed E-state index contributed by atoms with van der Waals surface area (Å²) >= 11 is 0. The number of piperazine rings is 1. The number of nitrogens with zero attached hydrogens (tertiary/aromatic N) is 5. The summed E-state index contributed by atoms with van der Waals surface area (Å²) in [7, 11) is 0. The highest BCUT2D eigenvalue weighted by atomic mass is 16.6. The predicted octanol–water partition coefficient (Wildman–Crippen LogP) is 1.07. The van der Waals surface area contributed by atoms with Gasteiger partial charge in [-0.05, 0) is 22.0 Å². The van der Waals surface area contributed by atoms with Crippen molar-refractivity contribution >= 4 is 17.6 Å². The number of nitro groups is 1. The van der Waals surface area contributed by atoms with E-state index in [2.05, 4.69) is 4.98 Å². The van der Waals surface area contributed by atoms with Crippen LogP contribution in [0.15, 0.2) is 29.0 Å². The second kappa shape index (κ2) is 7.38. The number of amides is 2. The Morgan fingerprint density at radius 2 is 1.96 bits per heavy atom. The molecule has 0 bridgehead atoms. The Balaban J connectivity index is 1.49.